The van der Waals surface area contributed by atoms with Crippen molar-refractivity contribution in [3.63, 3.8) is 0 Å². The molecule has 2 heterocycles. The third kappa shape index (κ3) is 1.84. The summed E-state index contributed by atoms with van der Waals surface area (Å²) in [7, 11) is 0. The van der Waals surface area contributed by atoms with Gasteiger partial charge in [0.15, 0.2) is 5.41 Å². The Hall–Kier alpha value is -2.88. The monoisotopic (exact) mass is 348 g/mol. The molecule has 4 atom stereocenters. The van der Waals surface area contributed by atoms with E-state index < -0.39 is 28.6 Å². The molecule has 0 amide bonds. The van der Waals surface area contributed by atoms with Crippen molar-refractivity contribution in [2.45, 2.75) is 46.0 Å². The first-order valence-electron chi connectivity index (χ1n) is 8.53. The molecule has 0 aliphatic carbocycles. The molecule has 4 unspecified atom stereocenters. The summed E-state index contributed by atoms with van der Waals surface area (Å²) in [6.07, 6.45) is -0.551. The van der Waals surface area contributed by atoms with Crippen LogP contribution in [-0.2, 0) is 9.47 Å². The summed E-state index contributed by atoms with van der Waals surface area (Å²) in [5.74, 6) is -2.18. The van der Waals surface area contributed by atoms with Gasteiger partial charge in [-0.1, -0.05) is 30.7 Å². The van der Waals surface area contributed by atoms with Crippen molar-refractivity contribution in [3.8, 4) is 18.2 Å². The number of fused-ring (bicyclic) bond motifs is 2. The third-order valence-corrected chi connectivity index (χ3v) is 5.83. The molecule has 1 aromatic rings. The Morgan fingerprint density at radius 2 is 1.81 bits per heavy atom. The number of rotatable bonds is 2. The fourth-order valence-corrected chi connectivity index (χ4v) is 4.62. The first kappa shape index (κ1) is 17.9. The molecule has 2 saturated heterocycles. The lowest BCUT2D eigenvalue weighted by atomic mass is 9.53. The maximum atomic E-state index is 10.1. The van der Waals surface area contributed by atoms with Crippen molar-refractivity contribution in [1.29, 1.82) is 21.2 Å². The van der Waals surface area contributed by atoms with E-state index in [1.165, 1.54) is 0 Å². The molecule has 2 bridgehead atoms. The molecule has 6 nitrogen and oxygen atoms in total. The van der Waals surface area contributed by atoms with Gasteiger partial charge in [0.05, 0.1) is 24.1 Å². The van der Waals surface area contributed by atoms with Crippen LogP contribution in [0, 0.1) is 70.0 Å². The summed E-state index contributed by atoms with van der Waals surface area (Å²) in [5, 5.41) is 38.6. The second-order valence-electron chi connectivity index (χ2n) is 7.22. The van der Waals surface area contributed by atoms with Gasteiger partial charge in [-0.2, -0.15) is 15.8 Å². The van der Waals surface area contributed by atoms with Crippen LogP contribution < -0.4 is 0 Å². The predicted octanol–water partition coefficient (Wildman–Crippen LogP) is 3.67. The fourth-order valence-electron chi connectivity index (χ4n) is 4.62. The molecule has 2 aliphatic rings. The topological polar surface area (TPSA) is 114 Å². The van der Waals surface area contributed by atoms with E-state index in [2.05, 4.69) is 18.2 Å². The van der Waals surface area contributed by atoms with Gasteiger partial charge in [0.2, 0.25) is 17.1 Å². The third-order valence-electron chi connectivity index (χ3n) is 5.83. The van der Waals surface area contributed by atoms with Gasteiger partial charge in [0.1, 0.15) is 6.10 Å². The van der Waals surface area contributed by atoms with Crippen LogP contribution in [0.3, 0.4) is 0 Å². The zero-order valence-electron chi connectivity index (χ0n) is 15.3. The van der Waals surface area contributed by atoms with Crippen molar-refractivity contribution in [2.75, 3.05) is 0 Å². The molecule has 1 aromatic carbocycles. The molecule has 0 radical (unpaired) electrons. The molecule has 2 fully saturated rings. The normalized spacial score (nSPS) is 34.3. The molecule has 6 heteroatoms. The van der Waals surface area contributed by atoms with E-state index in [4.69, 9.17) is 14.9 Å². The van der Waals surface area contributed by atoms with Crippen LogP contribution in [0.2, 0.25) is 0 Å². The van der Waals surface area contributed by atoms with Crippen LogP contribution in [-0.4, -0.2) is 11.7 Å². The van der Waals surface area contributed by atoms with Crippen molar-refractivity contribution in [3.05, 3.63) is 34.9 Å². The summed E-state index contributed by atoms with van der Waals surface area (Å²) in [6.45, 7) is 7.36. The van der Waals surface area contributed by atoms with Crippen LogP contribution in [0.4, 0.5) is 0 Å². The Morgan fingerprint density at radius 3 is 2.31 bits per heavy atom. The maximum Gasteiger partial charge on any atom is 0.214 e. The van der Waals surface area contributed by atoms with Gasteiger partial charge >= 0.3 is 0 Å². The Labute approximate surface area is 153 Å². The second-order valence-corrected chi connectivity index (χ2v) is 7.22. The van der Waals surface area contributed by atoms with Gasteiger partial charge in [0.25, 0.3) is 0 Å². The largest absolute Gasteiger partial charge is 0.448 e. The highest BCUT2D eigenvalue weighted by Gasteiger charge is 2.78. The van der Waals surface area contributed by atoms with Gasteiger partial charge in [-0.3, -0.25) is 5.41 Å². The zero-order chi connectivity index (χ0) is 19.3. The molecule has 26 heavy (non-hydrogen) atoms. The van der Waals surface area contributed by atoms with E-state index in [0.29, 0.717) is 12.0 Å². The minimum atomic E-state index is -1.88. The van der Waals surface area contributed by atoms with Gasteiger partial charge in [0, 0.05) is 6.92 Å². The smallest absolute Gasteiger partial charge is 0.214 e. The number of ether oxygens (including phenoxy) is 2. The number of nitrogens with zero attached hydrogens (tertiary/aromatic N) is 3. The van der Waals surface area contributed by atoms with Gasteiger partial charge in [-0.05, 0) is 31.4 Å². The highest BCUT2D eigenvalue weighted by atomic mass is 16.7. The summed E-state index contributed by atoms with van der Waals surface area (Å²) in [4.78, 5) is 0. The Kier molecular flexibility index (Phi) is 3.83. The number of benzene rings is 1. The summed E-state index contributed by atoms with van der Waals surface area (Å²) in [6, 6.07) is 11.9. The van der Waals surface area contributed by atoms with Crippen LogP contribution in [0.1, 0.15) is 43.1 Å². The standard InChI is InChI=1S/C20H20N4O2/c1-5-15-18(4)25-16(14-7-6-12(2)8-13(14)3)19(9-21,10-22)20(15,11-23)17(24)26-18/h6-8,15-16,24H,5H2,1-4H3. The lowest BCUT2D eigenvalue weighted by Gasteiger charge is -2.48. The van der Waals surface area contributed by atoms with Crippen molar-refractivity contribution in [1.82, 2.24) is 0 Å². The Bertz CT molecular complexity index is 905. The summed E-state index contributed by atoms with van der Waals surface area (Å²) < 4.78 is 11.9. The predicted molar refractivity (Wildman–Crippen MR) is 92.4 cm³/mol. The van der Waals surface area contributed by atoms with Crippen LogP contribution >= 0.6 is 0 Å². The van der Waals surface area contributed by atoms with E-state index in [1.807, 2.05) is 39.0 Å². The number of nitrogens with one attached hydrogen (secondary N) is 1. The SMILES string of the molecule is CCC1C2(C)OC(=N)C1(C#N)C(C#N)(C#N)C(c1ccc(C)cc1C)O2. The number of aryl methyl sites for hydroxylation is 2. The van der Waals surface area contributed by atoms with Crippen molar-refractivity contribution >= 4 is 5.90 Å². The Morgan fingerprint density at radius 1 is 1.15 bits per heavy atom. The number of hydrogen-bond acceptors (Lipinski definition) is 6. The molecule has 0 saturated carbocycles. The van der Waals surface area contributed by atoms with Gasteiger partial charge < -0.3 is 9.47 Å². The second kappa shape index (κ2) is 5.56. The van der Waals surface area contributed by atoms with Crippen LogP contribution in [0.15, 0.2) is 18.2 Å². The van der Waals surface area contributed by atoms with Crippen molar-refractivity contribution in [2.24, 2.45) is 16.7 Å². The van der Waals surface area contributed by atoms with Gasteiger partial charge in [-0.15, -0.1) is 0 Å². The minimum absolute atomic E-state index is 0.357. The van der Waals surface area contributed by atoms with Crippen molar-refractivity contribution < 1.29 is 9.47 Å². The highest BCUT2D eigenvalue weighted by molar-refractivity contribution is 5.89. The number of nitriles is 3. The lowest BCUT2D eigenvalue weighted by Crippen LogP contribution is -2.58. The molecule has 3 rings (SSSR count). The quantitative estimate of drug-likeness (QED) is 0.876. The summed E-state index contributed by atoms with van der Waals surface area (Å²) >= 11 is 0. The maximum absolute atomic E-state index is 10.1. The average Bonchev–Trinajstić information content (AvgIpc) is 2.78. The number of hydrogen-bond donors (Lipinski definition) is 1. The van der Waals surface area contributed by atoms with E-state index in [-0.39, 0.29) is 5.90 Å². The van der Waals surface area contributed by atoms with E-state index in [1.54, 1.807) is 6.92 Å². The molecular formula is C20H20N4O2. The molecule has 0 aromatic heterocycles. The molecular weight excluding hydrogens is 328 g/mol. The first-order chi connectivity index (χ1) is 12.3. The van der Waals surface area contributed by atoms with E-state index >= 15 is 0 Å². The van der Waals surface area contributed by atoms with E-state index in [9.17, 15) is 15.8 Å². The molecule has 2 aliphatic heterocycles. The lowest BCUT2D eigenvalue weighted by molar-refractivity contribution is -0.273. The van der Waals surface area contributed by atoms with Crippen LogP contribution in [0.25, 0.3) is 0 Å². The molecule has 1 N–H and O–H groups in total. The van der Waals surface area contributed by atoms with E-state index in [0.717, 1.165) is 11.1 Å². The molecule has 132 valence electrons. The Balaban J connectivity index is 2.36. The van der Waals surface area contributed by atoms with Crippen LogP contribution in [0.5, 0.6) is 0 Å². The highest BCUT2D eigenvalue weighted by Crippen LogP contribution is 2.67. The van der Waals surface area contributed by atoms with Gasteiger partial charge in [-0.25, -0.2) is 0 Å². The zero-order valence-corrected chi connectivity index (χ0v) is 15.3. The fraction of sp³-hybridized carbons (Fsp3) is 0.500. The minimum Gasteiger partial charge on any atom is -0.448 e. The molecule has 0 spiro atoms. The first-order valence-corrected chi connectivity index (χ1v) is 8.53. The average molecular weight is 348 g/mol. The summed E-state index contributed by atoms with van der Waals surface area (Å²) in [5.41, 5.74) is -0.989.